The molecular weight excluding hydrogens is 563 g/mol. The number of rotatable bonds is 5. The highest BCUT2D eigenvalue weighted by atomic mass is 32.1. The Bertz CT molecular complexity index is 1530. The van der Waals surface area contributed by atoms with Gasteiger partial charge in [-0.2, -0.15) is 5.26 Å². The highest BCUT2D eigenvalue weighted by molar-refractivity contribution is 7.19. The van der Waals surface area contributed by atoms with Crippen LogP contribution in [0.5, 0.6) is 0 Å². The van der Waals surface area contributed by atoms with E-state index in [0.29, 0.717) is 25.3 Å². The molecule has 1 amide bonds. The Labute approximate surface area is 254 Å². The maximum absolute atomic E-state index is 12.9. The lowest BCUT2D eigenvalue weighted by molar-refractivity contribution is 0.0292. The smallest absolute Gasteiger partial charge is 0.410 e. The van der Waals surface area contributed by atoms with Crippen LogP contribution in [-0.2, 0) is 22.2 Å². The van der Waals surface area contributed by atoms with Gasteiger partial charge in [0.05, 0.1) is 34.2 Å². The minimum atomic E-state index is -1.91. The minimum Gasteiger partial charge on any atom is -0.444 e. The predicted octanol–water partition coefficient (Wildman–Crippen LogP) is 7.51. The van der Waals surface area contributed by atoms with Crippen molar-refractivity contribution in [1.29, 1.82) is 5.26 Å². The van der Waals surface area contributed by atoms with Crippen LogP contribution < -0.4 is 4.90 Å². The molecule has 2 aliphatic rings. The van der Waals surface area contributed by atoms with E-state index in [4.69, 9.17) is 14.1 Å². The normalized spacial score (nSPS) is 17.8. The van der Waals surface area contributed by atoms with Crippen LogP contribution in [0.25, 0.3) is 21.5 Å². The molecule has 0 N–H and O–H groups in total. The summed E-state index contributed by atoms with van der Waals surface area (Å²) in [6.45, 7) is 19.7. The Hall–Kier alpha value is -3.00. The molecule has 1 atom stereocenters. The molecule has 0 aliphatic carbocycles. The molecule has 42 heavy (non-hydrogen) atoms. The van der Waals surface area contributed by atoms with Gasteiger partial charge in [0, 0.05) is 41.8 Å². The number of aromatic nitrogens is 2. The van der Waals surface area contributed by atoms with Gasteiger partial charge >= 0.3 is 6.09 Å². The Morgan fingerprint density at radius 3 is 2.60 bits per heavy atom. The number of hydrogen-bond donors (Lipinski definition) is 0. The maximum Gasteiger partial charge on any atom is 0.410 e. The van der Waals surface area contributed by atoms with Gasteiger partial charge in [-0.3, -0.25) is 0 Å². The van der Waals surface area contributed by atoms with Gasteiger partial charge in [0.25, 0.3) is 0 Å². The number of nitriles is 1. The Morgan fingerprint density at radius 1 is 1.14 bits per heavy atom. The molecule has 1 unspecified atom stereocenters. The third-order valence-electron chi connectivity index (χ3n) is 8.70. The number of benzene rings is 1. The lowest BCUT2D eigenvalue weighted by Gasteiger charge is -2.38. The monoisotopic (exact) mass is 605 g/mol. The molecule has 224 valence electrons. The molecule has 0 bridgehead atoms. The van der Waals surface area contributed by atoms with Gasteiger partial charge in [-0.25, -0.2) is 14.8 Å². The number of anilines is 1. The van der Waals surface area contributed by atoms with Gasteiger partial charge in [-0.05, 0) is 81.9 Å². The van der Waals surface area contributed by atoms with Gasteiger partial charge in [0.2, 0.25) is 0 Å². The molecule has 10 heteroatoms. The zero-order valence-corrected chi connectivity index (χ0v) is 28.0. The zero-order valence-electron chi connectivity index (χ0n) is 26.2. The van der Waals surface area contributed by atoms with E-state index in [1.165, 1.54) is 0 Å². The van der Waals surface area contributed by atoms with Gasteiger partial charge in [-0.1, -0.05) is 20.8 Å². The molecule has 2 aliphatic heterocycles. The first-order valence-corrected chi connectivity index (χ1v) is 18.6. The summed E-state index contributed by atoms with van der Waals surface area (Å²) in [5, 5.41) is 10.1. The summed E-state index contributed by atoms with van der Waals surface area (Å²) in [6, 6.07) is 8.66. The van der Waals surface area contributed by atoms with Crippen LogP contribution in [0.1, 0.15) is 70.4 Å². The van der Waals surface area contributed by atoms with Crippen molar-refractivity contribution in [2.75, 3.05) is 24.5 Å². The SMILES string of the molecule is CC(C)(C)OC(=O)N1CCC(N2CCCc3cc(C#N)cc(-c4ncnc5cc(CO[Si](C)(C)C(C)(C)C)sc45)c32)C1. The fourth-order valence-electron chi connectivity index (χ4n) is 5.51. The largest absolute Gasteiger partial charge is 0.444 e. The number of fused-ring (bicyclic) bond motifs is 2. The first-order valence-electron chi connectivity index (χ1n) is 14.9. The molecule has 0 spiro atoms. The van der Waals surface area contributed by atoms with E-state index in [2.05, 4.69) is 55.9 Å². The van der Waals surface area contributed by atoms with Crippen LogP contribution in [0.2, 0.25) is 18.1 Å². The summed E-state index contributed by atoms with van der Waals surface area (Å²) in [7, 11) is -1.91. The van der Waals surface area contributed by atoms with Crippen LogP contribution in [0.3, 0.4) is 0 Å². The molecule has 0 saturated carbocycles. The number of aryl methyl sites for hydroxylation is 1. The molecule has 0 radical (unpaired) electrons. The first kappa shape index (κ1) is 30.5. The number of hydrogen-bond acceptors (Lipinski definition) is 8. The zero-order chi connectivity index (χ0) is 30.4. The van der Waals surface area contributed by atoms with Crippen molar-refractivity contribution < 1.29 is 14.0 Å². The molecule has 2 aromatic heterocycles. The molecule has 1 fully saturated rings. The van der Waals surface area contributed by atoms with Crippen LogP contribution in [0, 0.1) is 11.3 Å². The summed E-state index contributed by atoms with van der Waals surface area (Å²) in [5.41, 5.74) is 5.11. The molecule has 1 saturated heterocycles. The van der Waals surface area contributed by atoms with E-state index in [0.717, 1.165) is 63.4 Å². The molecular formula is C32H43N5O3SSi. The van der Waals surface area contributed by atoms with Gasteiger partial charge < -0.3 is 19.0 Å². The molecule has 8 nitrogen and oxygen atoms in total. The molecule has 4 heterocycles. The number of carbonyl (C=O) groups excluding carboxylic acids is 1. The van der Waals surface area contributed by atoms with E-state index in [9.17, 15) is 10.1 Å². The van der Waals surface area contributed by atoms with Gasteiger partial charge in [0.15, 0.2) is 8.32 Å². The summed E-state index contributed by atoms with van der Waals surface area (Å²) in [6.07, 6.45) is 4.14. The second-order valence-electron chi connectivity index (χ2n) is 14.0. The fraction of sp³-hybridized carbons (Fsp3) is 0.562. The number of nitrogens with zero attached hydrogens (tertiary/aromatic N) is 5. The van der Waals surface area contributed by atoms with Crippen molar-refractivity contribution in [3.8, 4) is 17.3 Å². The predicted molar refractivity (Wildman–Crippen MR) is 171 cm³/mol. The number of carbonyl (C=O) groups is 1. The van der Waals surface area contributed by atoms with Crippen molar-refractivity contribution >= 4 is 41.7 Å². The molecule has 3 aromatic rings. The number of likely N-dealkylation sites (tertiary alicyclic amines) is 1. The highest BCUT2D eigenvalue weighted by Crippen LogP contribution is 2.44. The lowest BCUT2D eigenvalue weighted by Crippen LogP contribution is -2.43. The van der Waals surface area contributed by atoms with Gasteiger partial charge in [0.1, 0.15) is 11.9 Å². The van der Waals surface area contributed by atoms with E-state index in [1.54, 1.807) is 17.7 Å². The number of ether oxygens (including phenoxy) is 1. The number of thiophene rings is 1. The quantitative estimate of drug-likeness (QED) is 0.278. The lowest BCUT2D eigenvalue weighted by atomic mass is 9.92. The summed E-state index contributed by atoms with van der Waals surface area (Å²) >= 11 is 1.68. The third kappa shape index (κ3) is 6.19. The molecule has 1 aromatic carbocycles. The second kappa shape index (κ2) is 11.2. The van der Waals surface area contributed by atoms with Crippen LogP contribution in [-0.4, -0.2) is 60.6 Å². The van der Waals surface area contributed by atoms with Crippen molar-refractivity contribution in [2.24, 2.45) is 0 Å². The second-order valence-corrected chi connectivity index (χ2v) is 20.0. The van der Waals surface area contributed by atoms with E-state index in [-0.39, 0.29) is 17.2 Å². The fourth-order valence-corrected chi connectivity index (χ4v) is 7.59. The average molecular weight is 606 g/mol. The van der Waals surface area contributed by atoms with Crippen LogP contribution in [0.15, 0.2) is 24.5 Å². The topological polar surface area (TPSA) is 91.6 Å². The maximum atomic E-state index is 12.9. The Morgan fingerprint density at radius 2 is 1.90 bits per heavy atom. The number of amides is 1. The summed E-state index contributed by atoms with van der Waals surface area (Å²) in [5.74, 6) is 0. The van der Waals surface area contributed by atoms with Crippen molar-refractivity contribution in [2.45, 2.75) is 97.2 Å². The minimum absolute atomic E-state index is 0.133. The average Bonchev–Trinajstić information content (AvgIpc) is 3.57. The summed E-state index contributed by atoms with van der Waals surface area (Å²) < 4.78 is 13.2. The van der Waals surface area contributed by atoms with Crippen molar-refractivity contribution in [1.82, 2.24) is 14.9 Å². The van der Waals surface area contributed by atoms with Crippen LogP contribution >= 0.6 is 11.3 Å². The van der Waals surface area contributed by atoms with E-state index >= 15 is 0 Å². The first-order chi connectivity index (χ1) is 19.7. The van der Waals surface area contributed by atoms with Gasteiger partial charge in [-0.15, -0.1) is 11.3 Å². The van der Waals surface area contributed by atoms with E-state index in [1.807, 2.05) is 37.8 Å². The third-order valence-corrected chi connectivity index (χ3v) is 14.3. The van der Waals surface area contributed by atoms with Crippen molar-refractivity contribution in [3.05, 3.63) is 40.5 Å². The standard InChI is InChI=1S/C32H43N5O3SSi/c1-31(2,3)40-30(38)36-13-11-23(18-36)37-12-9-10-22-14-21(17-33)15-25(28(22)37)27-29-26(34-20-35-27)16-24(41-29)19-39-42(7,8)32(4,5)6/h14-16,20,23H,9-13,18-19H2,1-8H3. The highest BCUT2D eigenvalue weighted by Gasteiger charge is 2.38. The van der Waals surface area contributed by atoms with Crippen LogP contribution in [0.4, 0.5) is 10.5 Å². The summed E-state index contributed by atoms with van der Waals surface area (Å²) in [4.78, 5) is 27.7. The molecule has 5 rings (SSSR count). The van der Waals surface area contributed by atoms with Crippen molar-refractivity contribution in [3.63, 3.8) is 0 Å². The Balaban J connectivity index is 1.51. The Kier molecular flexibility index (Phi) is 8.16. The van der Waals surface area contributed by atoms with E-state index < -0.39 is 13.9 Å².